The summed E-state index contributed by atoms with van der Waals surface area (Å²) in [6.45, 7) is 3.89. The number of amides is 1. The molecule has 0 spiro atoms. The Kier molecular flexibility index (Phi) is 5.69. The fourth-order valence-electron chi connectivity index (χ4n) is 2.10. The number of halogens is 2. The maximum absolute atomic E-state index is 12.3. The van der Waals surface area contributed by atoms with Crippen molar-refractivity contribution in [2.24, 2.45) is 0 Å². The lowest BCUT2D eigenvalue weighted by atomic mass is 10.1. The van der Waals surface area contributed by atoms with Crippen LogP contribution in [0.15, 0.2) is 42.5 Å². The molecule has 2 N–H and O–H groups in total. The highest BCUT2D eigenvalue weighted by molar-refractivity contribution is 6.35. The van der Waals surface area contributed by atoms with Crippen molar-refractivity contribution in [2.75, 3.05) is 10.6 Å². The highest BCUT2D eigenvalue weighted by Gasteiger charge is 2.15. The summed E-state index contributed by atoms with van der Waals surface area (Å²) in [7, 11) is 0. The van der Waals surface area contributed by atoms with Crippen LogP contribution in [0.5, 0.6) is 0 Å². The van der Waals surface area contributed by atoms with E-state index in [2.05, 4.69) is 17.6 Å². The summed E-state index contributed by atoms with van der Waals surface area (Å²) in [5.74, 6) is -0.171. The van der Waals surface area contributed by atoms with Gasteiger partial charge in [-0.25, -0.2) is 0 Å². The molecule has 0 bridgehead atoms. The van der Waals surface area contributed by atoms with Crippen LogP contribution in [0.2, 0.25) is 10.0 Å². The second-order valence-electron chi connectivity index (χ2n) is 4.99. The van der Waals surface area contributed by atoms with Gasteiger partial charge in [0.2, 0.25) is 5.91 Å². The van der Waals surface area contributed by atoms with E-state index in [1.165, 1.54) is 5.56 Å². The van der Waals surface area contributed by atoms with Gasteiger partial charge in [0, 0.05) is 10.7 Å². The number of carbonyl (C=O) groups is 1. The monoisotopic (exact) mass is 336 g/mol. The molecule has 0 fully saturated rings. The first-order valence-electron chi connectivity index (χ1n) is 7.11. The Morgan fingerprint density at radius 2 is 1.86 bits per heavy atom. The molecule has 0 unspecified atom stereocenters. The highest BCUT2D eigenvalue weighted by Crippen LogP contribution is 2.25. The molecule has 0 radical (unpaired) electrons. The minimum atomic E-state index is -0.400. The summed E-state index contributed by atoms with van der Waals surface area (Å²) in [6.07, 6.45) is 0.900. The molecular formula is C17H18Cl2N2O. The van der Waals surface area contributed by atoms with Crippen molar-refractivity contribution >= 4 is 40.5 Å². The molecule has 116 valence electrons. The minimum Gasteiger partial charge on any atom is -0.374 e. The van der Waals surface area contributed by atoms with Crippen LogP contribution in [0.1, 0.15) is 19.4 Å². The Bertz CT molecular complexity index is 673. The van der Waals surface area contributed by atoms with Crippen LogP contribution in [0, 0.1) is 0 Å². The molecule has 0 saturated heterocycles. The predicted molar refractivity (Wildman–Crippen MR) is 94.0 cm³/mol. The van der Waals surface area contributed by atoms with Crippen LogP contribution >= 0.6 is 23.2 Å². The maximum atomic E-state index is 12.3. The van der Waals surface area contributed by atoms with E-state index in [4.69, 9.17) is 23.2 Å². The number of rotatable bonds is 5. The van der Waals surface area contributed by atoms with Gasteiger partial charge >= 0.3 is 0 Å². The zero-order valence-electron chi connectivity index (χ0n) is 12.5. The summed E-state index contributed by atoms with van der Waals surface area (Å²) in [4.78, 5) is 12.3. The number of nitrogens with one attached hydrogen (secondary N) is 2. The van der Waals surface area contributed by atoms with E-state index in [-0.39, 0.29) is 5.91 Å². The number of carbonyl (C=O) groups excluding carboxylic acids is 1. The number of hydrogen-bond donors (Lipinski definition) is 2. The van der Waals surface area contributed by atoms with Crippen LogP contribution in [0.4, 0.5) is 11.4 Å². The van der Waals surface area contributed by atoms with Gasteiger partial charge in [-0.15, -0.1) is 0 Å². The van der Waals surface area contributed by atoms with E-state index in [0.717, 1.165) is 12.1 Å². The Labute approximate surface area is 140 Å². The molecule has 2 aromatic carbocycles. The van der Waals surface area contributed by atoms with Crippen molar-refractivity contribution in [3.05, 3.63) is 58.1 Å². The summed E-state index contributed by atoms with van der Waals surface area (Å²) in [6, 6.07) is 12.5. The van der Waals surface area contributed by atoms with Gasteiger partial charge < -0.3 is 10.6 Å². The number of anilines is 2. The van der Waals surface area contributed by atoms with Gasteiger partial charge in [0.05, 0.1) is 10.7 Å². The molecule has 0 aromatic heterocycles. The van der Waals surface area contributed by atoms with E-state index < -0.39 is 6.04 Å². The molecule has 22 heavy (non-hydrogen) atoms. The van der Waals surface area contributed by atoms with Crippen molar-refractivity contribution in [1.82, 2.24) is 0 Å². The lowest BCUT2D eigenvalue weighted by Crippen LogP contribution is -2.32. The van der Waals surface area contributed by atoms with Crippen molar-refractivity contribution in [3.63, 3.8) is 0 Å². The number of para-hydroxylation sites is 1. The second-order valence-corrected chi connectivity index (χ2v) is 5.83. The molecule has 5 heteroatoms. The SMILES string of the molecule is CCc1ccccc1N[C@H](C)C(=O)Nc1cc(Cl)ccc1Cl. The lowest BCUT2D eigenvalue weighted by Gasteiger charge is -2.18. The number of hydrogen-bond acceptors (Lipinski definition) is 2. The zero-order chi connectivity index (χ0) is 16.1. The Morgan fingerprint density at radius 3 is 2.59 bits per heavy atom. The van der Waals surface area contributed by atoms with Gasteiger partial charge in [0.15, 0.2) is 0 Å². The predicted octanol–water partition coefficient (Wildman–Crippen LogP) is 4.99. The number of benzene rings is 2. The van der Waals surface area contributed by atoms with Crippen molar-refractivity contribution in [2.45, 2.75) is 26.3 Å². The van der Waals surface area contributed by atoms with Crippen LogP contribution in [-0.4, -0.2) is 11.9 Å². The quantitative estimate of drug-likeness (QED) is 0.806. The molecule has 0 aliphatic rings. The van der Waals surface area contributed by atoms with Gasteiger partial charge in [-0.2, -0.15) is 0 Å². The van der Waals surface area contributed by atoms with Gasteiger partial charge in [-0.05, 0) is 43.2 Å². The smallest absolute Gasteiger partial charge is 0.246 e. The lowest BCUT2D eigenvalue weighted by molar-refractivity contribution is -0.116. The topological polar surface area (TPSA) is 41.1 Å². The molecular weight excluding hydrogens is 319 g/mol. The highest BCUT2D eigenvalue weighted by atomic mass is 35.5. The summed E-state index contributed by atoms with van der Waals surface area (Å²) >= 11 is 12.0. The average Bonchev–Trinajstić information content (AvgIpc) is 2.51. The normalized spacial score (nSPS) is 11.8. The zero-order valence-corrected chi connectivity index (χ0v) is 14.0. The summed E-state index contributed by atoms with van der Waals surface area (Å²) < 4.78 is 0. The summed E-state index contributed by atoms with van der Waals surface area (Å²) in [5, 5.41) is 7.00. The molecule has 3 nitrogen and oxygen atoms in total. The molecule has 1 atom stereocenters. The molecule has 0 saturated carbocycles. The van der Waals surface area contributed by atoms with Crippen LogP contribution in [-0.2, 0) is 11.2 Å². The third-order valence-electron chi connectivity index (χ3n) is 3.35. The third kappa shape index (κ3) is 4.15. The second kappa shape index (κ2) is 7.52. The van der Waals surface area contributed by atoms with E-state index in [1.54, 1.807) is 25.1 Å². The fourth-order valence-corrected chi connectivity index (χ4v) is 2.44. The summed E-state index contributed by atoms with van der Waals surface area (Å²) in [5.41, 5.74) is 2.64. The molecule has 0 aliphatic heterocycles. The van der Waals surface area contributed by atoms with E-state index in [9.17, 15) is 4.79 Å². The van der Waals surface area contributed by atoms with Gasteiger partial charge in [-0.1, -0.05) is 48.3 Å². The van der Waals surface area contributed by atoms with E-state index in [0.29, 0.717) is 15.7 Å². The molecule has 0 heterocycles. The van der Waals surface area contributed by atoms with E-state index >= 15 is 0 Å². The molecule has 2 rings (SSSR count). The molecule has 0 aliphatic carbocycles. The van der Waals surface area contributed by atoms with Crippen LogP contribution in [0.3, 0.4) is 0 Å². The largest absolute Gasteiger partial charge is 0.374 e. The first-order chi connectivity index (χ1) is 10.5. The number of aryl methyl sites for hydroxylation is 1. The maximum Gasteiger partial charge on any atom is 0.246 e. The van der Waals surface area contributed by atoms with Crippen LogP contribution < -0.4 is 10.6 Å². The van der Waals surface area contributed by atoms with Gasteiger partial charge in [0.25, 0.3) is 0 Å². The third-order valence-corrected chi connectivity index (χ3v) is 3.91. The standard InChI is InChI=1S/C17H18Cl2N2O/c1-3-12-6-4-5-7-15(12)20-11(2)17(22)21-16-10-13(18)8-9-14(16)19/h4-11,20H,3H2,1-2H3,(H,21,22)/t11-/m1/s1. The fraction of sp³-hybridized carbons (Fsp3) is 0.235. The first kappa shape index (κ1) is 16.7. The molecule has 1 amide bonds. The molecule has 2 aromatic rings. The minimum absolute atomic E-state index is 0.171. The Balaban J connectivity index is 2.07. The van der Waals surface area contributed by atoms with Gasteiger partial charge in [-0.3, -0.25) is 4.79 Å². The van der Waals surface area contributed by atoms with Crippen molar-refractivity contribution < 1.29 is 4.79 Å². The van der Waals surface area contributed by atoms with Crippen molar-refractivity contribution in [1.29, 1.82) is 0 Å². The van der Waals surface area contributed by atoms with E-state index in [1.807, 2.05) is 24.3 Å². The average molecular weight is 337 g/mol. The Hall–Kier alpha value is -1.71. The van der Waals surface area contributed by atoms with Gasteiger partial charge in [0.1, 0.15) is 6.04 Å². The van der Waals surface area contributed by atoms with Crippen molar-refractivity contribution in [3.8, 4) is 0 Å². The van der Waals surface area contributed by atoms with Crippen LogP contribution in [0.25, 0.3) is 0 Å². The first-order valence-corrected chi connectivity index (χ1v) is 7.87. The Morgan fingerprint density at radius 1 is 1.14 bits per heavy atom.